The standard InChI is InChI=1S/C19H16BrN3O/c1-13-17(12-21-18(23-13)15-7-3-2-4-8-15)19(24)22-11-14-6-5-9-16(20)10-14/h2-10,12H,11H2,1H3,(H,22,24). The SMILES string of the molecule is Cc1nc(-c2ccccc2)ncc1C(=O)NCc1cccc(Br)c1. The fourth-order valence-corrected chi connectivity index (χ4v) is 2.79. The molecule has 4 nitrogen and oxygen atoms in total. The van der Waals surface area contributed by atoms with Gasteiger partial charge >= 0.3 is 0 Å². The third kappa shape index (κ3) is 3.86. The Balaban J connectivity index is 1.73. The van der Waals surface area contributed by atoms with Gasteiger partial charge in [-0.2, -0.15) is 0 Å². The molecule has 3 rings (SSSR count). The molecule has 1 heterocycles. The van der Waals surface area contributed by atoms with Gasteiger partial charge in [-0.15, -0.1) is 0 Å². The number of nitrogens with zero attached hydrogens (tertiary/aromatic N) is 2. The van der Waals surface area contributed by atoms with E-state index in [1.165, 1.54) is 0 Å². The predicted octanol–water partition coefficient (Wildman–Crippen LogP) is 4.14. The molecule has 0 radical (unpaired) electrons. The Hall–Kier alpha value is -2.53. The van der Waals surface area contributed by atoms with Crippen molar-refractivity contribution in [3.8, 4) is 11.4 Å². The van der Waals surface area contributed by atoms with Crippen molar-refractivity contribution in [2.75, 3.05) is 0 Å². The number of nitrogens with one attached hydrogen (secondary N) is 1. The molecular weight excluding hydrogens is 366 g/mol. The number of amides is 1. The molecule has 1 N–H and O–H groups in total. The summed E-state index contributed by atoms with van der Waals surface area (Å²) in [4.78, 5) is 21.1. The first kappa shape index (κ1) is 16.3. The van der Waals surface area contributed by atoms with Gasteiger partial charge in [-0.05, 0) is 24.6 Å². The first-order valence-corrected chi connectivity index (χ1v) is 8.34. The van der Waals surface area contributed by atoms with Crippen molar-refractivity contribution in [3.05, 3.63) is 82.1 Å². The van der Waals surface area contributed by atoms with Crippen molar-refractivity contribution < 1.29 is 4.79 Å². The van der Waals surface area contributed by atoms with Gasteiger partial charge in [0.25, 0.3) is 5.91 Å². The maximum Gasteiger partial charge on any atom is 0.254 e. The maximum absolute atomic E-state index is 12.4. The van der Waals surface area contributed by atoms with Gasteiger partial charge in [0.1, 0.15) is 0 Å². The zero-order chi connectivity index (χ0) is 16.9. The minimum atomic E-state index is -0.174. The minimum absolute atomic E-state index is 0.174. The van der Waals surface area contributed by atoms with Crippen LogP contribution in [0.25, 0.3) is 11.4 Å². The number of hydrogen-bond acceptors (Lipinski definition) is 3. The highest BCUT2D eigenvalue weighted by molar-refractivity contribution is 9.10. The molecule has 0 aliphatic heterocycles. The van der Waals surface area contributed by atoms with Gasteiger partial charge in [0.2, 0.25) is 0 Å². The van der Waals surface area contributed by atoms with E-state index in [-0.39, 0.29) is 5.91 Å². The zero-order valence-electron chi connectivity index (χ0n) is 13.2. The van der Waals surface area contributed by atoms with Gasteiger partial charge in [-0.1, -0.05) is 58.4 Å². The van der Waals surface area contributed by atoms with E-state index in [0.29, 0.717) is 23.6 Å². The minimum Gasteiger partial charge on any atom is -0.348 e. The second-order valence-corrected chi connectivity index (χ2v) is 6.29. The predicted molar refractivity (Wildman–Crippen MR) is 97.5 cm³/mol. The molecule has 0 aliphatic rings. The van der Waals surface area contributed by atoms with E-state index in [0.717, 1.165) is 15.6 Å². The van der Waals surface area contributed by atoms with Crippen LogP contribution in [-0.2, 0) is 6.54 Å². The summed E-state index contributed by atoms with van der Waals surface area (Å²) < 4.78 is 0.987. The van der Waals surface area contributed by atoms with E-state index in [9.17, 15) is 4.79 Å². The monoisotopic (exact) mass is 381 g/mol. The van der Waals surface area contributed by atoms with E-state index in [1.807, 2.05) is 61.5 Å². The van der Waals surface area contributed by atoms with Crippen molar-refractivity contribution in [2.45, 2.75) is 13.5 Å². The van der Waals surface area contributed by atoms with Gasteiger partial charge in [-0.3, -0.25) is 4.79 Å². The topological polar surface area (TPSA) is 54.9 Å². The maximum atomic E-state index is 12.4. The number of carbonyl (C=O) groups excluding carboxylic acids is 1. The third-order valence-corrected chi connectivity index (χ3v) is 4.09. The number of hydrogen-bond donors (Lipinski definition) is 1. The molecule has 3 aromatic rings. The largest absolute Gasteiger partial charge is 0.348 e. The van der Waals surface area contributed by atoms with E-state index < -0.39 is 0 Å². The quantitative estimate of drug-likeness (QED) is 0.738. The lowest BCUT2D eigenvalue weighted by Crippen LogP contribution is -2.24. The number of carbonyl (C=O) groups is 1. The molecule has 0 unspecified atom stereocenters. The van der Waals surface area contributed by atoms with Crippen molar-refractivity contribution in [1.29, 1.82) is 0 Å². The van der Waals surface area contributed by atoms with Gasteiger partial charge in [0.15, 0.2) is 5.82 Å². The van der Waals surface area contributed by atoms with Crippen molar-refractivity contribution in [2.24, 2.45) is 0 Å². The smallest absolute Gasteiger partial charge is 0.254 e. The van der Waals surface area contributed by atoms with Crippen LogP contribution in [0.1, 0.15) is 21.6 Å². The highest BCUT2D eigenvalue weighted by Crippen LogP contribution is 2.16. The average Bonchev–Trinajstić information content (AvgIpc) is 2.60. The highest BCUT2D eigenvalue weighted by atomic mass is 79.9. The molecule has 120 valence electrons. The molecule has 1 amide bonds. The van der Waals surface area contributed by atoms with Crippen LogP contribution in [0.15, 0.2) is 65.3 Å². The first-order chi connectivity index (χ1) is 11.6. The summed E-state index contributed by atoms with van der Waals surface area (Å²) in [5.41, 5.74) is 3.11. The molecule has 0 saturated carbocycles. The Kier molecular flexibility index (Phi) is 5.01. The van der Waals surface area contributed by atoms with Gasteiger partial charge in [0.05, 0.1) is 11.3 Å². The molecule has 1 aromatic heterocycles. The van der Waals surface area contributed by atoms with E-state index >= 15 is 0 Å². The van der Waals surface area contributed by atoms with Crippen LogP contribution in [0.3, 0.4) is 0 Å². The second kappa shape index (κ2) is 7.36. The van der Waals surface area contributed by atoms with E-state index in [2.05, 4.69) is 31.2 Å². The molecular formula is C19H16BrN3O. The fourth-order valence-electron chi connectivity index (χ4n) is 2.34. The Bertz CT molecular complexity index is 865. The van der Waals surface area contributed by atoms with E-state index in [4.69, 9.17) is 0 Å². The second-order valence-electron chi connectivity index (χ2n) is 5.37. The molecule has 5 heteroatoms. The van der Waals surface area contributed by atoms with Gasteiger partial charge in [-0.25, -0.2) is 9.97 Å². The average molecular weight is 382 g/mol. The molecule has 0 fully saturated rings. The van der Waals surface area contributed by atoms with Crippen LogP contribution in [0.2, 0.25) is 0 Å². The summed E-state index contributed by atoms with van der Waals surface area (Å²) >= 11 is 3.42. The molecule has 0 aliphatic carbocycles. The number of rotatable bonds is 4. The lowest BCUT2D eigenvalue weighted by atomic mass is 10.1. The number of aromatic nitrogens is 2. The molecule has 2 aromatic carbocycles. The number of aryl methyl sites for hydroxylation is 1. The molecule has 0 atom stereocenters. The summed E-state index contributed by atoms with van der Waals surface area (Å²) in [6.07, 6.45) is 1.58. The summed E-state index contributed by atoms with van der Waals surface area (Å²) in [5.74, 6) is 0.448. The number of benzene rings is 2. The summed E-state index contributed by atoms with van der Waals surface area (Å²) in [6, 6.07) is 17.5. The van der Waals surface area contributed by atoms with Crippen molar-refractivity contribution in [3.63, 3.8) is 0 Å². The zero-order valence-corrected chi connectivity index (χ0v) is 14.7. The van der Waals surface area contributed by atoms with Crippen molar-refractivity contribution in [1.82, 2.24) is 15.3 Å². The molecule has 0 spiro atoms. The Morgan fingerprint density at radius 3 is 2.62 bits per heavy atom. The molecule has 24 heavy (non-hydrogen) atoms. The fraction of sp³-hybridized carbons (Fsp3) is 0.105. The third-order valence-electron chi connectivity index (χ3n) is 3.60. The Morgan fingerprint density at radius 1 is 1.12 bits per heavy atom. The summed E-state index contributed by atoms with van der Waals surface area (Å²) in [6.45, 7) is 2.28. The summed E-state index contributed by atoms with van der Waals surface area (Å²) in [7, 11) is 0. The normalized spacial score (nSPS) is 10.4. The van der Waals surface area contributed by atoms with Crippen LogP contribution in [-0.4, -0.2) is 15.9 Å². The Morgan fingerprint density at radius 2 is 1.92 bits per heavy atom. The Labute approximate surface area is 149 Å². The number of halogens is 1. The lowest BCUT2D eigenvalue weighted by molar-refractivity contribution is 0.0949. The van der Waals surface area contributed by atoms with Crippen LogP contribution in [0.4, 0.5) is 0 Å². The van der Waals surface area contributed by atoms with Crippen LogP contribution >= 0.6 is 15.9 Å². The van der Waals surface area contributed by atoms with Crippen LogP contribution in [0, 0.1) is 6.92 Å². The molecule has 0 bridgehead atoms. The first-order valence-electron chi connectivity index (χ1n) is 7.55. The van der Waals surface area contributed by atoms with Crippen LogP contribution in [0.5, 0.6) is 0 Å². The van der Waals surface area contributed by atoms with Crippen molar-refractivity contribution >= 4 is 21.8 Å². The van der Waals surface area contributed by atoms with Gasteiger partial charge in [0, 0.05) is 22.8 Å². The highest BCUT2D eigenvalue weighted by Gasteiger charge is 2.12. The van der Waals surface area contributed by atoms with E-state index in [1.54, 1.807) is 6.20 Å². The lowest BCUT2D eigenvalue weighted by Gasteiger charge is -2.09. The molecule has 0 saturated heterocycles. The van der Waals surface area contributed by atoms with Gasteiger partial charge < -0.3 is 5.32 Å². The van der Waals surface area contributed by atoms with Crippen LogP contribution < -0.4 is 5.32 Å². The summed E-state index contributed by atoms with van der Waals surface area (Å²) in [5, 5.41) is 2.90.